The Morgan fingerprint density at radius 3 is 2.26 bits per heavy atom. The van der Waals surface area contributed by atoms with Gasteiger partial charge in [-0.05, 0) is 81.2 Å². The van der Waals surface area contributed by atoms with Crippen LogP contribution in [0.4, 0.5) is 0 Å². The summed E-state index contributed by atoms with van der Waals surface area (Å²) >= 11 is -1.08. The molecule has 4 aromatic rings. The summed E-state index contributed by atoms with van der Waals surface area (Å²) in [6.45, 7) is 3.55. The molecule has 0 saturated heterocycles. The fourth-order valence-electron chi connectivity index (χ4n) is 3.59. The van der Waals surface area contributed by atoms with Crippen molar-refractivity contribution < 1.29 is 8.97 Å². The van der Waals surface area contributed by atoms with E-state index >= 15 is 0 Å². The van der Waals surface area contributed by atoms with Gasteiger partial charge < -0.3 is 19.2 Å². The molecular formula is C25H28N6O2S. The third kappa shape index (κ3) is 5.68. The average Bonchev–Trinajstić information content (AvgIpc) is 3.34. The smallest absolute Gasteiger partial charge is 0.268 e. The van der Waals surface area contributed by atoms with Crippen LogP contribution in [-0.2, 0) is 17.7 Å². The summed E-state index contributed by atoms with van der Waals surface area (Å²) in [6, 6.07) is 15.5. The number of hydrogen-bond acceptors (Lipinski definition) is 8. The van der Waals surface area contributed by atoms with Crippen molar-refractivity contribution in [3.05, 3.63) is 66.5 Å². The van der Waals surface area contributed by atoms with Crippen LogP contribution >= 0.6 is 0 Å². The quantitative estimate of drug-likeness (QED) is 0.365. The monoisotopic (exact) mass is 476 g/mol. The van der Waals surface area contributed by atoms with E-state index in [0.29, 0.717) is 23.2 Å². The third-order valence-electron chi connectivity index (χ3n) is 5.23. The number of aromatic nitrogens is 4. The van der Waals surface area contributed by atoms with Crippen molar-refractivity contribution in [1.29, 1.82) is 0 Å². The van der Waals surface area contributed by atoms with E-state index in [9.17, 15) is 4.55 Å². The minimum atomic E-state index is -1.08. The molecule has 0 aliphatic carbocycles. The van der Waals surface area contributed by atoms with Crippen LogP contribution in [0.1, 0.15) is 12.5 Å². The van der Waals surface area contributed by atoms with Crippen LogP contribution < -0.4 is 5.32 Å². The van der Waals surface area contributed by atoms with Crippen molar-refractivity contribution in [3.63, 3.8) is 0 Å². The molecule has 0 amide bonds. The van der Waals surface area contributed by atoms with Gasteiger partial charge in [0.05, 0.1) is 18.1 Å². The average molecular weight is 477 g/mol. The number of nitrogens with one attached hydrogen (secondary N) is 1. The Morgan fingerprint density at radius 2 is 1.59 bits per heavy atom. The van der Waals surface area contributed by atoms with Gasteiger partial charge in [-0.1, -0.05) is 12.1 Å². The minimum Gasteiger partial charge on any atom is -0.611 e. The van der Waals surface area contributed by atoms with Crippen LogP contribution in [-0.4, -0.2) is 62.6 Å². The van der Waals surface area contributed by atoms with Crippen molar-refractivity contribution >= 4 is 11.2 Å². The lowest BCUT2D eigenvalue weighted by Gasteiger charge is -2.21. The summed E-state index contributed by atoms with van der Waals surface area (Å²) in [6.07, 6.45) is 3.28. The Hall–Kier alpha value is -3.11. The van der Waals surface area contributed by atoms with Crippen LogP contribution in [0.3, 0.4) is 0 Å². The minimum absolute atomic E-state index is 0.0372. The van der Waals surface area contributed by atoms with E-state index in [0.717, 1.165) is 29.1 Å². The lowest BCUT2D eigenvalue weighted by molar-refractivity contribution is 0.405. The molecule has 8 nitrogen and oxygen atoms in total. The van der Waals surface area contributed by atoms with E-state index in [1.807, 2.05) is 81.5 Å². The molecule has 0 aliphatic rings. The van der Waals surface area contributed by atoms with Gasteiger partial charge in [0.2, 0.25) is 5.89 Å². The highest BCUT2D eigenvalue weighted by Gasteiger charge is 2.21. The molecule has 2 aromatic heterocycles. The normalized spacial score (nSPS) is 13.2. The van der Waals surface area contributed by atoms with Gasteiger partial charge in [0.25, 0.3) is 5.89 Å². The second kappa shape index (κ2) is 10.9. The summed E-state index contributed by atoms with van der Waals surface area (Å²) < 4.78 is 18.6. The third-order valence-corrected chi connectivity index (χ3v) is 6.85. The second-order valence-corrected chi connectivity index (χ2v) is 10.2. The standard InChI is InChI=1S/C25H28N6O2S/c1-17(16-31(3)4)34(32)21-11-9-19(10-12-21)22-14-27-15-23(28-22)25-30-29-24(33-25)20-7-5-18(6-8-20)13-26-2/h5-12,14-15,17,26H,13,16H2,1-4H3. The molecule has 176 valence electrons. The first-order valence-electron chi connectivity index (χ1n) is 11.0. The Morgan fingerprint density at radius 1 is 0.941 bits per heavy atom. The molecule has 2 atom stereocenters. The molecule has 2 heterocycles. The zero-order valence-corrected chi connectivity index (χ0v) is 20.5. The van der Waals surface area contributed by atoms with Crippen molar-refractivity contribution in [2.24, 2.45) is 0 Å². The van der Waals surface area contributed by atoms with Crippen LogP contribution in [0.5, 0.6) is 0 Å². The van der Waals surface area contributed by atoms with Crippen molar-refractivity contribution in [2.75, 3.05) is 27.7 Å². The van der Waals surface area contributed by atoms with Gasteiger partial charge in [-0.25, -0.2) is 4.98 Å². The first kappa shape index (κ1) is 24.0. The zero-order chi connectivity index (χ0) is 24.1. The maximum atomic E-state index is 12.8. The van der Waals surface area contributed by atoms with Crippen molar-refractivity contribution in [3.8, 4) is 34.3 Å². The van der Waals surface area contributed by atoms with Crippen molar-refractivity contribution in [2.45, 2.75) is 23.6 Å². The highest BCUT2D eigenvalue weighted by molar-refractivity contribution is 7.92. The van der Waals surface area contributed by atoms with Crippen LogP contribution in [0, 0.1) is 0 Å². The van der Waals surface area contributed by atoms with Gasteiger partial charge in [0.15, 0.2) is 4.90 Å². The van der Waals surface area contributed by atoms with Gasteiger partial charge >= 0.3 is 0 Å². The number of rotatable bonds is 9. The molecule has 0 spiro atoms. The lowest BCUT2D eigenvalue weighted by Crippen LogP contribution is -2.30. The summed E-state index contributed by atoms with van der Waals surface area (Å²) in [5.41, 5.74) is 4.05. The molecule has 34 heavy (non-hydrogen) atoms. The van der Waals surface area contributed by atoms with E-state index in [-0.39, 0.29) is 5.25 Å². The largest absolute Gasteiger partial charge is 0.611 e. The maximum absolute atomic E-state index is 12.8. The molecule has 1 N–H and O–H groups in total. The van der Waals surface area contributed by atoms with Gasteiger partial charge in [0, 0.05) is 24.2 Å². The van der Waals surface area contributed by atoms with E-state index in [1.54, 1.807) is 12.4 Å². The molecule has 2 unspecified atom stereocenters. The summed E-state index contributed by atoms with van der Waals surface area (Å²) in [5.74, 6) is 0.732. The van der Waals surface area contributed by atoms with Gasteiger partial charge in [0.1, 0.15) is 10.9 Å². The first-order chi connectivity index (χ1) is 16.4. The lowest BCUT2D eigenvalue weighted by atomic mass is 10.1. The number of hydrogen-bond donors (Lipinski definition) is 1. The second-order valence-electron chi connectivity index (χ2n) is 8.32. The fraction of sp³-hybridized carbons (Fsp3) is 0.280. The molecule has 0 radical (unpaired) electrons. The predicted octanol–water partition coefficient (Wildman–Crippen LogP) is 3.64. The molecule has 0 aliphatic heterocycles. The maximum Gasteiger partial charge on any atom is 0.268 e. The summed E-state index contributed by atoms with van der Waals surface area (Å²) in [4.78, 5) is 11.8. The van der Waals surface area contributed by atoms with E-state index in [2.05, 4.69) is 25.5 Å². The molecule has 0 bridgehead atoms. The SMILES string of the molecule is CNCc1ccc(-c2nnc(-c3cncc(-c4ccc([S+]([O-])C(C)CN(C)C)cc4)n3)o2)cc1. The van der Waals surface area contributed by atoms with Gasteiger partial charge in [-0.15, -0.1) is 10.2 Å². The highest BCUT2D eigenvalue weighted by atomic mass is 32.2. The van der Waals surface area contributed by atoms with E-state index in [4.69, 9.17) is 4.42 Å². The Balaban J connectivity index is 1.51. The summed E-state index contributed by atoms with van der Waals surface area (Å²) in [7, 11) is 5.88. The molecular weight excluding hydrogens is 448 g/mol. The van der Waals surface area contributed by atoms with Crippen LogP contribution in [0.25, 0.3) is 34.3 Å². The highest BCUT2D eigenvalue weighted by Crippen LogP contribution is 2.26. The number of nitrogens with zero attached hydrogens (tertiary/aromatic N) is 5. The van der Waals surface area contributed by atoms with E-state index < -0.39 is 11.2 Å². The molecule has 2 aromatic carbocycles. The fourth-order valence-corrected chi connectivity index (χ4v) is 4.90. The molecule has 4 rings (SSSR count). The Kier molecular flexibility index (Phi) is 7.69. The topological polar surface area (TPSA) is 103 Å². The van der Waals surface area contributed by atoms with Crippen LogP contribution in [0.15, 0.2) is 70.2 Å². The molecule has 9 heteroatoms. The van der Waals surface area contributed by atoms with Crippen LogP contribution in [0.2, 0.25) is 0 Å². The molecule has 0 fully saturated rings. The van der Waals surface area contributed by atoms with Crippen molar-refractivity contribution in [1.82, 2.24) is 30.4 Å². The summed E-state index contributed by atoms with van der Waals surface area (Å²) in [5, 5.41) is 11.5. The number of benzene rings is 2. The van der Waals surface area contributed by atoms with Gasteiger partial charge in [-0.3, -0.25) is 4.98 Å². The molecule has 0 saturated carbocycles. The Bertz CT molecular complexity index is 1210. The van der Waals surface area contributed by atoms with Gasteiger partial charge in [-0.2, -0.15) is 0 Å². The Labute approximate surface area is 202 Å². The predicted molar refractivity (Wildman–Crippen MR) is 133 cm³/mol. The first-order valence-corrected chi connectivity index (χ1v) is 12.2. The van der Waals surface area contributed by atoms with E-state index in [1.165, 1.54) is 5.56 Å². The zero-order valence-electron chi connectivity index (χ0n) is 19.7.